The minimum absolute atomic E-state index is 0.173. The van der Waals surface area contributed by atoms with E-state index in [4.69, 9.17) is 22.1 Å². The molecule has 0 radical (unpaired) electrons. The number of amides is 1. The molecule has 1 fully saturated rings. The molecule has 8 nitrogen and oxygen atoms in total. The van der Waals surface area contributed by atoms with Crippen molar-refractivity contribution in [3.05, 3.63) is 66.4 Å². The third-order valence-corrected chi connectivity index (χ3v) is 5.48. The molecule has 1 amide bonds. The van der Waals surface area contributed by atoms with Gasteiger partial charge in [0.15, 0.2) is 0 Å². The van der Waals surface area contributed by atoms with Crippen molar-refractivity contribution < 1.29 is 27.4 Å². The first kappa shape index (κ1) is 24.7. The molecule has 184 valence electrons. The van der Waals surface area contributed by atoms with Gasteiger partial charge in [-0.05, 0) is 36.4 Å². The maximum atomic E-state index is 13.9. The summed E-state index contributed by atoms with van der Waals surface area (Å²) in [5.41, 5.74) is 3.74. The van der Waals surface area contributed by atoms with Crippen LogP contribution in [0.5, 0.6) is 5.75 Å². The first-order chi connectivity index (χ1) is 16.6. The minimum atomic E-state index is -3.84. The number of rotatable bonds is 7. The van der Waals surface area contributed by atoms with Crippen LogP contribution in [-0.4, -0.2) is 53.8 Å². The van der Waals surface area contributed by atoms with Crippen molar-refractivity contribution in [2.45, 2.75) is 17.7 Å². The van der Waals surface area contributed by atoms with Crippen molar-refractivity contribution >= 4 is 29.0 Å². The second kappa shape index (κ2) is 10.1. The summed E-state index contributed by atoms with van der Waals surface area (Å²) in [4.78, 5) is 23.2. The zero-order valence-electron chi connectivity index (χ0n) is 18.4. The molecule has 4 rings (SSSR count). The number of halogens is 4. The number of pyridine rings is 2. The van der Waals surface area contributed by atoms with Crippen LogP contribution in [0.15, 0.2) is 55.0 Å². The topological polar surface area (TPSA) is 103 Å². The monoisotopic (exact) mass is 507 g/mol. The number of carbonyl (C=O) groups excluding carboxylic acids is 1. The van der Waals surface area contributed by atoms with Crippen molar-refractivity contribution in [1.29, 1.82) is 0 Å². The quantitative estimate of drug-likeness (QED) is 0.468. The van der Waals surface area contributed by atoms with E-state index in [1.165, 1.54) is 42.7 Å². The number of hydrogen-bond acceptors (Lipinski definition) is 7. The third kappa shape index (κ3) is 5.99. The van der Waals surface area contributed by atoms with E-state index >= 15 is 0 Å². The molecule has 0 aliphatic carbocycles. The van der Waals surface area contributed by atoms with Crippen molar-refractivity contribution in [2.75, 3.05) is 30.4 Å². The fraction of sp³-hybridized carbons (Fsp3) is 0.261. The summed E-state index contributed by atoms with van der Waals surface area (Å²) in [6, 6.07) is 7.86. The first-order valence-electron chi connectivity index (χ1n) is 10.4. The Hall–Kier alpha value is -3.41. The SMILES string of the molecule is CO[C@H]1CN(c2ncc(C(=O)Nc3ccc(OC(F)(F)Cl)cc3)cc2-c2cncc(F)c2)C[C@@H]1N. The second-order valence-electron chi connectivity index (χ2n) is 7.86. The Bertz CT molecular complexity index is 1210. The molecule has 0 saturated carbocycles. The van der Waals surface area contributed by atoms with E-state index < -0.39 is 17.3 Å². The number of alkyl halides is 3. The maximum Gasteiger partial charge on any atom is 0.487 e. The first-order valence-corrected chi connectivity index (χ1v) is 10.8. The van der Waals surface area contributed by atoms with Gasteiger partial charge in [-0.2, -0.15) is 0 Å². The number of hydrogen-bond donors (Lipinski definition) is 2. The molecular weight excluding hydrogens is 487 g/mol. The van der Waals surface area contributed by atoms with Gasteiger partial charge in [-0.15, -0.1) is 8.78 Å². The predicted octanol–water partition coefficient (Wildman–Crippen LogP) is 3.87. The molecule has 0 unspecified atom stereocenters. The van der Waals surface area contributed by atoms with Gasteiger partial charge in [0, 0.05) is 61.0 Å². The average Bonchev–Trinajstić information content (AvgIpc) is 3.19. The summed E-state index contributed by atoms with van der Waals surface area (Å²) in [7, 11) is 1.58. The largest absolute Gasteiger partial charge is 0.487 e. The maximum absolute atomic E-state index is 13.9. The van der Waals surface area contributed by atoms with Gasteiger partial charge in [0.2, 0.25) is 0 Å². The summed E-state index contributed by atoms with van der Waals surface area (Å²) < 4.78 is 49.2. The molecule has 3 N–H and O–H groups in total. The summed E-state index contributed by atoms with van der Waals surface area (Å²) in [6.07, 6.45) is 3.73. The molecule has 1 aliphatic rings. The molecule has 1 aliphatic heterocycles. The molecular formula is C23H21ClF3N5O3. The van der Waals surface area contributed by atoms with Gasteiger partial charge in [-0.25, -0.2) is 9.37 Å². The zero-order valence-corrected chi connectivity index (χ0v) is 19.2. The molecule has 0 spiro atoms. The molecule has 2 atom stereocenters. The number of aromatic nitrogens is 2. The highest BCUT2D eigenvalue weighted by Gasteiger charge is 2.32. The molecule has 12 heteroatoms. The van der Waals surface area contributed by atoms with E-state index in [0.717, 1.165) is 6.20 Å². The summed E-state index contributed by atoms with van der Waals surface area (Å²) in [5.74, 6) is -0.722. The highest BCUT2D eigenvalue weighted by molar-refractivity contribution is 6.20. The number of benzene rings is 1. The van der Waals surface area contributed by atoms with Crippen molar-refractivity contribution in [2.24, 2.45) is 5.73 Å². The van der Waals surface area contributed by atoms with E-state index in [1.807, 2.05) is 4.90 Å². The summed E-state index contributed by atoms with van der Waals surface area (Å²) in [5, 5.41) is 2.65. The van der Waals surface area contributed by atoms with Crippen LogP contribution < -0.4 is 20.7 Å². The average molecular weight is 508 g/mol. The minimum Gasteiger partial charge on any atom is -0.420 e. The van der Waals surface area contributed by atoms with Crippen LogP contribution in [0.1, 0.15) is 10.4 Å². The lowest BCUT2D eigenvalue weighted by atomic mass is 10.1. The van der Waals surface area contributed by atoms with E-state index in [0.29, 0.717) is 35.7 Å². The number of nitrogens with one attached hydrogen (secondary N) is 1. The highest BCUT2D eigenvalue weighted by Crippen LogP contribution is 2.33. The molecule has 1 aromatic carbocycles. The summed E-state index contributed by atoms with van der Waals surface area (Å²) in [6.45, 7) is 0.935. The predicted molar refractivity (Wildman–Crippen MR) is 124 cm³/mol. The van der Waals surface area contributed by atoms with Gasteiger partial charge >= 0.3 is 5.57 Å². The number of anilines is 2. The van der Waals surface area contributed by atoms with Gasteiger partial charge in [-0.3, -0.25) is 9.78 Å². The smallest absolute Gasteiger partial charge is 0.420 e. The van der Waals surface area contributed by atoms with Crippen LogP contribution in [0.25, 0.3) is 11.1 Å². The van der Waals surface area contributed by atoms with Crippen LogP contribution in [-0.2, 0) is 4.74 Å². The number of methoxy groups -OCH3 is 1. The van der Waals surface area contributed by atoms with Crippen molar-refractivity contribution in [3.8, 4) is 16.9 Å². The number of ether oxygens (including phenoxy) is 2. The lowest BCUT2D eigenvalue weighted by molar-refractivity contribution is -0.0964. The van der Waals surface area contributed by atoms with Gasteiger partial charge in [0.05, 0.1) is 23.9 Å². The number of nitrogens with two attached hydrogens (primary N) is 1. The van der Waals surface area contributed by atoms with Gasteiger partial charge in [0.1, 0.15) is 17.4 Å². The summed E-state index contributed by atoms with van der Waals surface area (Å²) >= 11 is 4.75. The van der Waals surface area contributed by atoms with E-state index in [1.54, 1.807) is 13.2 Å². The lowest BCUT2D eigenvalue weighted by Gasteiger charge is -2.21. The Morgan fingerprint density at radius 3 is 2.57 bits per heavy atom. The standard InChI is InChI=1S/C23H21ClF3N5O3/c1-34-20-12-32(11-19(20)28)21-18(13-6-15(25)10-29-8-13)7-14(9-30-21)22(33)31-16-2-4-17(5-3-16)35-23(24,26)27/h2-10,19-20H,11-12,28H2,1H3,(H,31,33)/t19-,20-/m0/s1. The number of nitrogens with zero attached hydrogens (tertiary/aromatic N) is 3. The molecule has 0 bridgehead atoms. The lowest BCUT2D eigenvalue weighted by Crippen LogP contribution is -2.34. The highest BCUT2D eigenvalue weighted by atomic mass is 35.5. The van der Waals surface area contributed by atoms with Crippen molar-refractivity contribution in [3.63, 3.8) is 0 Å². The Kier molecular flexibility index (Phi) is 7.10. The van der Waals surface area contributed by atoms with E-state index in [9.17, 15) is 18.0 Å². The molecule has 2 aromatic heterocycles. The second-order valence-corrected chi connectivity index (χ2v) is 8.30. The Morgan fingerprint density at radius 2 is 1.94 bits per heavy atom. The van der Waals surface area contributed by atoms with Crippen molar-refractivity contribution in [1.82, 2.24) is 9.97 Å². The van der Waals surface area contributed by atoms with Gasteiger partial charge in [-0.1, -0.05) is 0 Å². The van der Waals surface area contributed by atoms with Crippen LogP contribution in [0.3, 0.4) is 0 Å². The zero-order chi connectivity index (χ0) is 25.2. The van der Waals surface area contributed by atoms with E-state index in [-0.39, 0.29) is 23.5 Å². The Morgan fingerprint density at radius 1 is 1.20 bits per heavy atom. The molecule has 1 saturated heterocycles. The normalized spacial score (nSPS) is 17.9. The van der Waals surface area contributed by atoms with Gasteiger partial charge < -0.3 is 25.4 Å². The van der Waals surface area contributed by atoms with Crippen LogP contribution in [0.4, 0.5) is 24.7 Å². The van der Waals surface area contributed by atoms with Crippen LogP contribution in [0, 0.1) is 5.82 Å². The number of carbonyl (C=O) groups is 1. The fourth-order valence-electron chi connectivity index (χ4n) is 3.77. The van der Waals surface area contributed by atoms with E-state index in [2.05, 4.69) is 20.0 Å². The van der Waals surface area contributed by atoms with Crippen LogP contribution in [0.2, 0.25) is 0 Å². The molecule has 3 aromatic rings. The van der Waals surface area contributed by atoms with Gasteiger partial charge in [0.25, 0.3) is 5.91 Å². The van der Waals surface area contributed by atoms with Crippen LogP contribution >= 0.6 is 11.6 Å². The molecule has 35 heavy (non-hydrogen) atoms. The fourth-order valence-corrected chi connectivity index (χ4v) is 3.86. The Labute approximate surface area is 203 Å². The Balaban J connectivity index is 1.61. The third-order valence-electron chi connectivity index (χ3n) is 5.40. The molecule has 3 heterocycles.